The van der Waals surface area contributed by atoms with Gasteiger partial charge in [-0.2, -0.15) is 0 Å². The second kappa shape index (κ2) is 4.48. The molecular weight excluding hydrogens is 264 g/mol. The van der Waals surface area contributed by atoms with Crippen LogP contribution in [-0.4, -0.2) is 16.9 Å². The van der Waals surface area contributed by atoms with E-state index < -0.39 is 0 Å². The molecule has 4 nitrogen and oxygen atoms in total. The number of halogens is 1. The number of nitrogens with one attached hydrogen (secondary N) is 1. The highest BCUT2D eigenvalue weighted by molar-refractivity contribution is 6.31. The van der Waals surface area contributed by atoms with Gasteiger partial charge in [0.25, 0.3) is 5.56 Å². The van der Waals surface area contributed by atoms with Crippen molar-refractivity contribution in [3.63, 3.8) is 0 Å². The van der Waals surface area contributed by atoms with E-state index in [-0.39, 0.29) is 5.56 Å². The Morgan fingerprint density at radius 2 is 1.89 bits per heavy atom. The second-order valence-corrected chi connectivity index (χ2v) is 4.58. The SMILES string of the molecule is COc1ccc(-n2[nH]c3cc(Cl)ccc3c2=O)cc1. The van der Waals surface area contributed by atoms with Crippen LogP contribution in [0.4, 0.5) is 0 Å². The lowest BCUT2D eigenvalue weighted by Crippen LogP contribution is -2.13. The molecule has 0 amide bonds. The van der Waals surface area contributed by atoms with Crippen molar-refractivity contribution >= 4 is 22.5 Å². The second-order valence-electron chi connectivity index (χ2n) is 4.14. The van der Waals surface area contributed by atoms with E-state index in [0.29, 0.717) is 15.9 Å². The van der Waals surface area contributed by atoms with Crippen LogP contribution in [0.1, 0.15) is 0 Å². The average Bonchev–Trinajstić information content (AvgIpc) is 2.75. The van der Waals surface area contributed by atoms with Gasteiger partial charge >= 0.3 is 0 Å². The Hall–Kier alpha value is -2.20. The zero-order valence-corrected chi connectivity index (χ0v) is 10.9. The number of nitrogens with zero attached hydrogens (tertiary/aromatic N) is 1. The predicted molar refractivity (Wildman–Crippen MR) is 75.5 cm³/mol. The van der Waals surface area contributed by atoms with Crippen LogP contribution in [0.25, 0.3) is 16.6 Å². The third-order valence-corrected chi connectivity index (χ3v) is 3.21. The van der Waals surface area contributed by atoms with Crippen LogP contribution in [0, 0.1) is 0 Å². The summed E-state index contributed by atoms with van der Waals surface area (Å²) in [5.74, 6) is 0.746. The lowest BCUT2D eigenvalue weighted by molar-refractivity contribution is 0.414. The van der Waals surface area contributed by atoms with Gasteiger partial charge in [0.15, 0.2) is 0 Å². The van der Waals surface area contributed by atoms with Gasteiger partial charge in [-0.1, -0.05) is 11.6 Å². The molecule has 0 bridgehead atoms. The molecule has 19 heavy (non-hydrogen) atoms. The van der Waals surface area contributed by atoms with E-state index >= 15 is 0 Å². The fourth-order valence-corrected chi connectivity index (χ4v) is 2.17. The van der Waals surface area contributed by atoms with Crippen LogP contribution >= 0.6 is 11.6 Å². The summed E-state index contributed by atoms with van der Waals surface area (Å²) in [5.41, 5.74) is 1.36. The molecule has 2 aromatic carbocycles. The quantitative estimate of drug-likeness (QED) is 0.781. The van der Waals surface area contributed by atoms with E-state index in [0.717, 1.165) is 11.4 Å². The highest BCUT2D eigenvalue weighted by Crippen LogP contribution is 2.18. The van der Waals surface area contributed by atoms with Crippen molar-refractivity contribution in [2.24, 2.45) is 0 Å². The molecule has 0 saturated carbocycles. The summed E-state index contributed by atoms with van der Waals surface area (Å²) in [6.45, 7) is 0. The van der Waals surface area contributed by atoms with Gasteiger partial charge in [0.2, 0.25) is 0 Å². The average molecular weight is 275 g/mol. The maximum atomic E-state index is 12.3. The molecule has 3 aromatic rings. The number of hydrogen-bond acceptors (Lipinski definition) is 2. The maximum absolute atomic E-state index is 12.3. The van der Waals surface area contributed by atoms with Gasteiger partial charge in [0.05, 0.1) is 23.7 Å². The molecule has 0 spiro atoms. The number of H-pyrrole nitrogens is 1. The zero-order valence-electron chi connectivity index (χ0n) is 10.2. The first-order chi connectivity index (χ1) is 9.19. The number of fused-ring (bicyclic) bond motifs is 1. The Kier molecular flexibility index (Phi) is 2.80. The Labute approximate surface area is 114 Å². The third-order valence-electron chi connectivity index (χ3n) is 2.98. The predicted octanol–water partition coefficient (Wildman–Crippen LogP) is 2.98. The molecule has 0 aliphatic heterocycles. The smallest absolute Gasteiger partial charge is 0.279 e. The summed E-state index contributed by atoms with van der Waals surface area (Å²) < 4.78 is 6.58. The highest BCUT2D eigenvalue weighted by atomic mass is 35.5. The van der Waals surface area contributed by atoms with Gasteiger partial charge in [-0.05, 0) is 42.5 Å². The van der Waals surface area contributed by atoms with E-state index in [2.05, 4.69) is 5.10 Å². The van der Waals surface area contributed by atoms with Crippen molar-refractivity contribution in [2.75, 3.05) is 7.11 Å². The van der Waals surface area contributed by atoms with Crippen LogP contribution in [0.2, 0.25) is 5.02 Å². The molecule has 0 aliphatic rings. The third kappa shape index (κ3) is 2.00. The van der Waals surface area contributed by atoms with Gasteiger partial charge in [-0.3, -0.25) is 9.89 Å². The largest absolute Gasteiger partial charge is 0.497 e. The first-order valence-corrected chi connectivity index (χ1v) is 6.11. The van der Waals surface area contributed by atoms with Crippen molar-refractivity contribution in [2.45, 2.75) is 0 Å². The molecule has 96 valence electrons. The maximum Gasteiger partial charge on any atom is 0.279 e. The zero-order chi connectivity index (χ0) is 13.4. The number of methoxy groups -OCH3 is 1. The minimum atomic E-state index is -0.100. The molecule has 0 radical (unpaired) electrons. The van der Waals surface area contributed by atoms with Crippen LogP contribution < -0.4 is 10.3 Å². The monoisotopic (exact) mass is 274 g/mol. The van der Waals surface area contributed by atoms with Crippen molar-refractivity contribution in [3.8, 4) is 11.4 Å². The number of aromatic nitrogens is 2. The summed E-state index contributed by atoms with van der Waals surface area (Å²) in [6, 6.07) is 12.4. The van der Waals surface area contributed by atoms with Crippen LogP contribution in [0.5, 0.6) is 5.75 Å². The van der Waals surface area contributed by atoms with Crippen molar-refractivity contribution in [3.05, 3.63) is 57.8 Å². The molecule has 1 N–H and O–H groups in total. The van der Waals surface area contributed by atoms with E-state index in [1.54, 1.807) is 37.4 Å². The topological polar surface area (TPSA) is 47.0 Å². The van der Waals surface area contributed by atoms with Crippen LogP contribution in [-0.2, 0) is 0 Å². The summed E-state index contributed by atoms with van der Waals surface area (Å²) in [5, 5.41) is 4.24. The molecule has 1 heterocycles. The van der Waals surface area contributed by atoms with Gasteiger partial charge in [0, 0.05) is 5.02 Å². The van der Waals surface area contributed by atoms with Gasteiger partial charge in [0.1, 0.15) is 5.75 Å². The van der Waals surface area contributed by atoms with Crippen molar-refractivity contribution in [1.82, 2.24) is 9.78 Å². The van der Waals surface area contributed by atoms with Crippen molar-refractivity contribution in [1.29, 1.82) is 0 Å². The van der Waals surface area contributed by atoms with Gasteiger partial charge in [-0.25, -0.2) is 4.68 Å². The Balaban J connectivity index is 2.19. The minimum Gasteiger partial charge on any atom is -0.497 e. The number of ether oxygens (including phenoxy) is 1. The number of aromatic amines is 1. The molecule has 5 heteroatoms. The summed E-state index contributed by atoms with van der Waals surface area (Å²) in [4.78, 5) is 12.3. The molecule has 0 atom stereocenters. The molecule has 0 fully saturated rings. The van der Waals surface area contributed by atoms with Crippen molar-refractivity contribution < 1.29 is 4.74 Å². The minimum absolute atomic E-state index is 0.100. The Morgan fingerprint density at radius 3 is 2.58 bits per heavy atom. The number of benzene rings is 2. The molecule has 0 saturated heterocycles. The first kappa shape index (κ1) is 11.9. The highest BCUT2D eigenvalue weighted by Gasteiger charge is 2.08. The van der Waals surface area contributed by atoms with E-state index in [9.17, 15) is 4.79 Å². The van der Waals surface area contributed by atoms with Gasteiger partial charge < -0.3 is 4.74 Å². The molecule has 3 rings (SSSR count). The summed E-state index contributed by atoms with van der Waals surface area (Å²) in [6.07, 6.45) is 0. The first-order valence-electron chi connectivity index (χ1n) is 5.74. The lowest BCUT2D eigenvalue weighted by Gasteiger charge is -2.03. The lowest BCUT2D eigenvalue weighted by atomic mass is 10.2. The standard InChI is InChI=1S/C14H11ClN2O2/c1-19-11-5-3-10(4-6-11)17-14(18)12-7-2-9(15)8-13(12)16-17/h2-8,16H,1H3. The van der Waals surface area contributed by atoms with Crippen LogP contribution in [0.15, 0.2) is 47.3 Å². The van der Waals surface area contributed by atoms with E-state index in [4.69, 9.17) is 16.3 Å². The summed E-state index contributed by atoms with van der Waals surface area (Å²) in [7, 11) is 1.60. The number of hydrogen-bond donors (Lipinski definition) is 1. The Morgan fingerprint density at radius 1 is 1.16 bits per heavy atom. The molecule has 1 aromatic heterocycles. The van der Waals surface area contributed by atoms with E-state index in [1.165, 1.54) is 4.68 Å². The van der Waals surface area contributed by atoms with E-state index in [1.807, 2.05) is 12.1 Å². The molecule has 0 aliphatic carbocycles. The normalized spacial score (nSPS) is 10.8. The number of rotatable bonds is 2. The fraction of sp³-hybridized carbons (Fsp3) is 0.0714. The molecule has 0 unspecified atom stereocenters. The van der Waals surface area contributed by atoms with Crippen LogP contribution in [0.3, 0.4) is 0 Å². The van der Waals surface area contributed by atoms with Gasteiger partial charge in [-0.15, -0.1) is 0 Å². The Bertz CT molecular complexity index is 787. The summed E-state index contributed by atoms with van der Waals surface area (Å²) >= 11 is 5.92. The fourth-order valence-electron chi connectivity index (χ4n) is 2.00. The molecular formula is C14H11ClN2O2.